The van der Waals surface area contributed by atoms with Gasteiger partial charge in [0.15, 0.2) is 0 Å². The summed E-state index contributed by atoms with van der Waals surface area (Å²) in [5.41, 5.74) is 0. The molecule has 1 N–H and O–H groups in total. The van der Waals surface area contributed by atoms with Crippen LogP contribution in [-0.4, -0.2) is 31.0 Å². The molecule has 1 atom stereocenters. The molecule has 0 aromatic heterocycles. The van der Waals surface area contributed by atoms with Gasteiger partial charge in [0.25, 0.3) is 0 Å². The van der Waals surface area contributed by atoms with Crippen LogP contribution in [-0.2, 0) is 9.53 Å². The van der Waals surface area contributed by atoms with E-state index < -0.39 is 0 Å². The lowest BCUT2D eigenvalue weighted by Gasteiger charge is -2.29. The van der Waals surface area contributed by atoms with Crippen molar-refractivity contribution >= 4 is 17.6 Å². The lowest BCUT2D eigenvalue weighted by atomic mass is 9.85. The Morgan fingerprint density at radius 2 is 2.12 bits per heavy atom. The molecule has 1 saturated carbocycles. The van der Waals surface area contributed by atoms with E-state index in [1.54, 1.807) is 0 Å². The lowest BCUT2D eigenvalue weighted by Crippen LogP contribution is -2.38. The third-order valence-corrected chi connectivity index (χ3v) is 3.30. The molecule has 0 bridgehead atoms. The molecule has 0 heterocycles. The second-order valence-electron chi connectivity index (χ2n) is 4.44. The predicted octanol–water partition coefficient (Wildman–Crippen LogP) is 2.33. The molecule has 1 unspecified atom stereocenters. The smallest absolute Gasteiger partial charge is 0.302 e. The molecule has 0 spiro atoms. The molecule has 1 fully saturated rings. The quantitative estimate of drug-likeness (QED) is 0.445. The molecule has 3 nitrogen and oxygen atoms in total. The van der Waals surface area contributed by atoms with Gasteiger partial charge < -0.3 is 10.1 Å². The highest BCUT2D eigenvalue weighted by atomic mass is 35.5. The number of hydrogen-bond donors (Lipinski definition) is 1. The third-order valence-electron chi connectivity index (χ3n) is 3.11. The number of rotatable bonds is 6. The Labute approximate surface area is 103 Å². The topological polar surface area (TPSA) is 38.3 Å². The average molecular weight is 248 g/mol. The highest BCUT2D eigenvalue weighted by Crippen LogP contribution is 2.27. The van der Waals surface area contributed by atoms with Gasteiger partial charge in [0, 0.05) is 25.9 Å². The summed E-state index contributed by atoms with van der Waals surface area (Å²) in [4.78, 5) is 11.1. The Bertz CT molecular complexity index is 205. The van der Waals surface area contributed by atoms with E-state index in [0.717, 1.165) is 13.1 Å². The van der Waals surface area contributed by atoms with Crippen LogP contribution >= 0.6 is 11.6 Å². The Morgan fingerprint density at radius 3 is 2.69 bits per heavy atom. The second kappa shape index (κ2) is 7.91. The number of alkyl halides is 1. The van der Waals surface area contributed by atoms with Crippen molar-refractivity contribution in [3.63, 3.8) is 0 Å². The zero-order valence-corrected chi connectivity index (χ0v) is 10.8. The van der Waals surface area contributed by atoms with E-state index in [1.807, 2.05) is 0 Å². The molecule has 1 rings (SSSR count). The zero-order valence-electron chi connectivity index (χ0n) is 10.0. The Morgan fingerprint density at radius 1 is 1.44 bits per heavy atom. The molecule has 16 heavy (non-hydrogen) atoms. The summed E-state index contributed by atoms with van der Waals surface area (Å²) in [7, 11) is 0. The summed E-state index contributed by atoms with van der Waals surface area (Å²) in [6, 6.07) is 0. The van der Waals surface area contributed by atoms with Gasteiger partial charge in [0.2, 0.25) is 0 Å². The standard InChI is InChI=1S/C12H22ClNO2/c1-10(15)16-12(9-14-8-7-13)11-5-3-2-4-6-11/h11-12,14H,2-9H2,1H3. The molecule has 0 radical (unpaired) electrons. The molecule has 4 heteroatoms. The van der Waals surface area contributed by atoms with Crippen molar-refractivity contribution < 1.29 is 9.53 Å². The summed E-state index contributed by atoms with van der Waals surface area (Å²) in [5, 5.41) is 3.23. The first-order valence-corrected chi connectivity index (χ1v) is 6.71. The van der Waals surface area contributed by atoms with Crippen LogP contribution in [0.5, 0.6) is 0 Å². The van der Waals surface area contributed by atoms with Gasteiger partial charge in [-0.3, -0.25) is 4.79 Å². The van der Waals surface area contributed by atoms with Gasteiger partial charge >= 0.3 is 5.97 Å². The van der Waals surface area contributed by atoms with Crippen molar-refractivity contribution in [3.8, 4) is 0 Å². The molecule has 0 amide bonds. The molecule has 0 aromatic carbocycles. The number of carbonyl (C=O) groups is 1. The van der Waals surface area contributed by atoms with Crippen molar-refractivity contribution in [2.24, 2.45) is 5.92 Å². The van der Waals surface area contributed by atoms with Gasteiger partial charge in [-0.15, -0.1) is 11.6 Å². The highest BCUT2D eigenvalue weighted by Gasteiger charge is 2.25. The molecular formula is C12H22ClNO2. The number of hydrogen-bond acceptors (Lipinski definition) is 3. The van der Waals surface area contributed by atoms with E-state index in [4.69, 9.17) is 16.3 Å². The van der Waals surface area contributed by atoms with Crippen LogP contribution < -0.4 is 5.32 Å². The normalized spacial score (nSPS) is 19.4. The third kappa shape index (κ3) is 5.17. The van der Waals surface area contributed by atoms with Crippen molar-refractivity contribution in [1.29, 1.82) is 0 Å². The van der Waals surface area contributed by atoms with Crippen LogP contribution in [0.3, 0.4) is 0 Å². The number of halogens is 1. The van der Waals surface area contributed by atoms with E-state index in [0.29, 0.717) is 11.8 Å². The van der Waals surface area contributed by atoms with E-state index in [2.05, 4.69) is 5.32 Å². The second-order valence-corrected chi connectivity index (χ2v) is 4.82. The maximum atomic E-state index is 11.1. The van der Waals surface area contributed by atoms with E-state index in [1.165, 1.54) is 39.0 Å². The van der Waals surface area contributed by atoms with E-state index >= 15 is 0 Å². The van der Waals surface area contributed by atoms with Gasteiger partial charge in [-0.05, 0) is 18.8 Å². The number of esters is 1. The van der Waals surface area contributed by atoms with Crippen LogP contribution in [0.2, 0.25) is 0 Å². The maximum Gasteiger partial charge on any atom is 0.302 e. The number of carbonyl (C=O) groups excluding carboxylic acids is 1. The monoisotopic (exact) mass is 247 g/mol. The molecule has 0 aliphatic heterocycles. The number of ether oxygens (including phenoxy) is 1. The highest BCUT2D eigenvalue weighted by molar-refractivity contribution is 6.18. The molecule has 1 aliphatic carbocycles. The van der Waals surface area contributed by atoms with Crippen molar-refractivity contribution in [2.45, 2.75) is 45.1 Å². The minimum Gasteiger partial charge on any atom is -0.461 e. The Kier molecular flexibility index (Phi) is 6.81. The molecule has 0 aromatic rings. The van der Waals surface area contributed by atoms with Crippen LogP contribution in [0.4, 0.5) is 0 Å². The minimum absolute atomic E-state index is 0.0287. The van der Waals surface area contributed by atoms with Crippen LogP contribution in [0.1, 0.15) is 39.0 Å². The summed E-state index contributed by atoms with van der Waals surface area (Å²) in [6.45, 7) is 2.99. The first-order chi connectivity index (χ1) is 7.74. The fourth-order valence-corrected chi connectivity index (χ4v) is 2.47. The summed E-state index contributed by atoms with van der Waals surface area (Å²) >= 11 is 5.61. The van der Waals surface area contributed by atoms with Crippen LogP contribution in [0, 0.1) is 5.92 Å². The summed E-state index contributed by atoms with van der Waals surface area (Å²) in [6.07, 6.45) is 6.23. The van der Waals surface area contributed by atoms with Crippen molar-refractivity contribution in [3.05, 3.63) is 0 Å². The molecular weight excluding hydrogens is 226 g/mol. The maximum absolute atomic E-state index is 11.1. The van der Waals surface area contributed by atoms with Gasteiger partial charge in [-0.25, -0.2) is 0 Å². The van der Waals surface area contributed by atoms with Gasteiger partial charge in [-0.1, -0.05) is 19.3 Å². The summed E-state index contributed by atoms with van der Waals surface area (Å²) in [5.74, 6) is 0.945. The van der Waals surface area contributed by atoms with Crippen LogP contribution in [0.15, 0.2) is 0 Å². The molecule has 0 saturated heterocycles. The lowest BCUT2D eigenvalue weighted by molar-refractivity contribution is -0.149. The van der Waals surface area contributed by atoms with Crippen molar-refractivity contribution in [1.82, 2.24) is 5.32 Å². The van der Waals surface area contributed by atoms with Crippen molar-refractivity contribution in [2.75, 3.05) is 19.0 Å². The minimum atomic E-state index is -0.178. The fourth-order valence-electron chi connectivity index (χ4n) is 2.33. The fraction of sp³-hybridized carbons (Fsp3) is 0.917. The van der Waals surface area contributed by atoms with Gasteiger partial charge in [0.1, 0.15) is 6.10 Å². The first kappa shape index (κ1) is 13.8. The predicted molar refractivity (Wildman–Crippen MR) is 65.7 cm³/mol. The van der Waals surface area contributed by atoms with E-state index in [9.17, 15) is 4.79 Å². The summed E-state index contributed by atoms with van der Waals surface area (Å²) < 4.78 is 5.39. The molecule has 94 valence electrons. The molecule has 1 aliphatic rings. The van der Waals surface area contributed by atoms with Crippen LogP contribution in [0.25, 0.3) is 0 Å². The Hall–Kier alpha value is -0.280. The average Bonchev–Trinajstić information content (AvgIpc) is 2.29. The van der Waals surface area contributed by atoms with Gasteiger partial charge in [-0.2, -0.15) is 0 Å². The first-order valence-electron chi connectivity index (χ1n) is 6.18. The number of nitrogens with one attached hydrogen (secondary N) is 1. The largest absolute Gasteiger partial charge is 0.461 e. The van der Waals surface area contributed by atoms with E-state index in [-0.39, 0.29) is 12.1 Å². The SMILES string of the molecule is CC(=O)OC(CNCCCl)C1CCCCC1. The van der Waals surface area contributed by atoms with Gasteiger partial charge in [0.05, 0.1) is 0 Å². The zero-order chi connectivity index (χ0) is 11.8. The Balaban J connectivity index is 2.37.